The van der Waals surface area contributed by atoms with E-state index in [1.807, 2.05) is 13.8 Å². The Morgan fingerprint density at radius 3 is 2.29 bits per heavy atom. The van der Waals surface area contributed by atoms with E-state index in [4.69, 9.17) is 5.11 Å². The molecule has 0 spiro atoms. The van der Waals surface area contributed by atoms with Gasteiger partial charge in [-0.25, -0.2) is 4.79 Å². The number of aliphatic carboxylic acids is 1. The Balaban J connectivity index is 3.93. The van der Waals surface area contributed by atoms with Gasteiger partial charge in [0.25, 0.3) is 0 Å². The van der Waals surface area contributed by atoms with Crippen LogP contribution in [0, 0.1) is 0 Å². The Morgan fingerprint density at radius 2 is 1.86 bits per heavy atom. The van der Waals surface area contributed by atoms with E-state index >= 15 is 0 Å². The highest BCUT2D eigenvalue weighted by molar-refractivity contribution is 6.31. The number of amides is 1. The first-order valence-electron chi connectivity index (χ1n) is 4.94. The summed E-state index contributed by atoms with van der Waals surface area (Å²) in [4.78, 5) is 21.2. The second kappa shape index (κ2) is 5.62. The number of rotatable bonds is 5. The average molecular weight is 201 g/mol. The Bertz CT molecular complexity index is 211. The third-order valence-electron chi connectivity index (χ3n) is 2.05. The number of carbonyl (C=O) groups is 2. The smallest absolute Gasteiger partial charge is 0.394 e. The van der Waals surface area contributed by atoms with Gasteiger partial charge in [-0.05, 0) is 20.3 Å². The zero-order valence-corrected chi connectivity index (χ0v) is 9.09. The van der Waals surface area contributed by atoms with Crippen molar-refractivity contribution in [2.24, 2.45) is 0 Å². The maximum Gasteiger partial charge on any atom is 0.394 e. The molecular formula is C10H19NO3. The van der Waals surface area contributed by atoms with Crippen molar-refractivity contribution in [3.63, 3.8) is 0 Å². The summed E-state index contributed by atoms with van der Waals surface area (Å²) in [5.74, 6) is -2.35. The molecule has 0 rings (SSSR count). The predicted octanol–water partition coefficient (Wildman–Crippen LogP) is 1.55. The molecule has 0 bridgehead atoms. The van der Waals surface area contributed by atoms with E-state index in [0.29, 0.717) is 0 Å². The van der Waals surface area contributed by atoms with Crippen LogP contribution in [-0.2, 0) is 9.59 Å². The van der Waals surface area contributed by atoms with Crippen LogP contribution in [0.25, 0.3) is 0 Å². The lowest BCUT2D eigenvalue weighted by Crippen LogP contribution is -2.46. The van der Waals surface area contributed by atoms with E-state index < -0.39 is 17.4 Å². The molecule has 0 radical (unpaired) electrons. The molecule has 0 fully saturated rings. The van der Waals surface area contributed by atoms with E-state index in [0.717, 1.165) is 25.7 Å². The molecule has 0 heterocycles. The fraction of sp³-hybridized carbons (Fsp3) is 0.800. The minimum absolute atomic E-state index is 0.426. The van der Waals surface area contributed by atoms with Gasteiger partial charge in [0.2, 0.25) is 0 Å². The van der Waals surface area contributed by atoms with Gasteiger partial charge in [-0.15, -0.1) is 0 Å². The van der Waals surface area contributed by atoms with Crippen LogP contribution in [0.3, 0.4) is 0 Å². The van der Waals surface area contributed by atoms with Crippen molar-refractivity contribution in [3.05, 3.63) is 0 Å². The van der Waals surface area contributed by atoms with E-state index in [1.165, 1.54) is 0 Å². The highest BCUT2D eigenvalue weighted by Crippen LogP contribution is 2.13. The Hall–Kier alpha value is -1.06. The molecule has 82 valence electrons. The van der Waals surface area contributed by atoms with Crippen LogP contribution in [0.15, 0.2) is 0 Å². The summed E-state index contributed by atoms with van der Waals surface area (Å²) in [6.07, 6.45) is 4.03. The van der Waals surface area contributed by atoms with Crippen molar-refractivity contribution >= 4 is 11.9 Å². The van der Waals surface area contributed by atoms with Crippen molar-refractivity contribution in [1.29, 1.82) is 0 Å². The molecule has 0 aromatic heterocycles. The van der Waals surface area contributed by atoms with Crippen molar-refractivity contribution in [2.75, 3.05) is 0 Å². The molecule has 1 amide bonds. The minimum atomic E-state index is -1.42. The molecular weight excluding hydrogens is 182 g/mol. The van der Waals surface area contributed by atoms with Crippen LogP contribution in [0.2, 0.25) is 0 Å². The molecule has 0 aromatic rings. The van der Waals surface area contributed by atoms with Gasteiger partial charge in [-0.2, -0.15) is 0 Å². The second-order valence-electron chi connectivity index (χ2n) is 4.10. The maximum atomic E-state index is 10.9. The quantitative estimate of drug-likeness (QED) is 0.524. The van der Waals surface area contributed by atoms with Crippen LogP contribution in [-0.4, -0.2) is 22.5 Å². The maximum absolute atomic E-state index is 10.9. The predicted molar refractivity (Wildman–Crippen MR) is 54.0 cm³/mol. The number of carboxylic acid groups (broad SMARTS) is 1. The van der Waals surface area contributed by atoms with E-state index in [1.54, 1.807) is 0 Å². The lowest BCUT2D eigenvalue weighted by Gasteiger charge is -2.25. The zero-order chi connectivity index (χ0) is 11.2. The molecule has 2 N–H and O–H groups in total. The van der Waals surface area contributed by atoms with Crippen LogP contribution in [0.4, 0.5) is 0 Å². The third-order valence-corrected chi connectivity index (χ3v) is 2.05. The van der Waals surface area contributed by atoms with Gasteiger partial charge in [0.15, 0.2) is 0 Å². The first-order chi connectivity index (χ1) is 6.39. The summed E-state index contributed by atoms with van der Waals surface area (Å²) in [5, 5.41) is 10.9. The lowest BCUT2D eigenvalue weighted by molar-refractivity contribution is -0.151. The summed E-state index contributed by atoms with van der Waals surface area (Å²) < 4.78 is 0. The summed E-state index contributed by atoms with van der Waals surface area (Å²) in [6, 6.07) is 0. The Kier molecular flexibility index (Phi) is 5.20. The fourth-order valence-electron chi connectivity index (χ4n) is 1.24. The third kappa shape index (κ3) is 5.56. The summed E-state index contributed by atoms with van der Waals surface area (Å²) in [5.41, 5.74) is -0.426. The first kappa shape index (κ1) is 12.9. The van der Waals surface area contributed by atoms with Crippen LogP contribution < -0.4 is 5.32 Å². The Labute approximate surface area is 84.7 Å². The minimum Gasteiger partial charge on any atom is -0.474 e. The SMILES string of the molecule is CCCCCC(C)(C)NC(=O)C(=O)O. The molecule has 0 saturated carbocycles. The van der Waals surface area contributed by atoms with Crippen LogP contribution in [0.5, 0.6) is 0 Å². The number of hydrogen-bond acceptors (Lipinski definition) is 2. The van der Waals surface area contributed by atoms with Crippen LogP contribution >= 0.6 is 0 Å². The topological polar surface area (TPSA) is 66.4 Å². The van der Waals surface area contributed by atoms with Crippen molar-refractivity contribution in [1.82, 2.24) is 5.32 Å². The number of carboxylic acids is 1. The summed E-state index contributed by atoms with van der Waals surface area (Å²) in [7, 11) is 0. The van der Waals surface area contributed by atoms with Gasteiger partial charge in [-0.3, -0.25) is 4.79 Å². The second-order valence-corrected chi connectivity index (χ2v) is 4.10. The number of unbranched alkanes of at least 4 members (excludes halogenated alkanes) is 2. The molecule has 4 nitrogen and oxygen atoms in total. The number of carbonyl (C=O) groups excluding carboxylic acids is 1. The molecule has 0 atom stereocenters. The zero-order valence-electron chi connectivity index (χ0n) is 9.09. The van der Waals surface area contributed by atoms with E-state index in [2.05, 4.69) is 12.2 Å². The molecule has 0 aliphatic carbocycles. The lowest BCUT2D eigenvalue weighted by atomic mass is 9.97. The standard InChI is InChI=1S/C10H19NO3/c1-4-5-6-7-10(2,3)11-8(12)9(13)14/h4-7H2,1-3H3,(H,11,12)(H,13,14). The van der Waals surface area contributed by atoms with Gasteiger partial charge in [-0.1, -0.05) is 26.2 Å². The molecule has 0 aromatic carbocycles. The summed E-state index contributed by atoms with van der Waals surface area (Å²) >= 11 is 0. The number of hydrogen-bond donors (Lipinski definition) is 2. The first-order valence-corrected chi connectivity index (χ1v) is 4.94. The molecule has 0 unspecified atom stereocenters. The largest absolute Gasteiger partial charge is 0.474 e. The monoisotopic (exact) mass is 201 g/mol. The van der Waals surface area contributed by atoms with E-state index in [9.17, 15) is 9.59 Å². The van der Waals surface area contributed by atoms with Crippen LogP contribution in [0.1, 0.15) is 46.5 Å². The van der Waals surface area contributed by atoms with Crippen molar-refractivity contribution in [3.8, 4) is 0 Å². The fourth-order valence-corrected chi connectivity index (χ4v) is 1.24. The van der Waals surface area contributed by atoms with Gasteiger partial charge in [0.1, 0.15) is 0 Å². The van der Waals surface area contributed by atoms with Gasteiger partial charge in [0, 0.05) is 5.54 Å². The highest BCUT2D eigenvalue weighted by Gasteiger charge is 2.23. The Morgan fingerprint density at radius 1 is 1.29 bits per heavy atom. The summed E-state index contributed by atoms with van der Waals surface area (Å²) in [6.45, 7) is 5.77. The average Bonchev–Trinajstić information content (AvgIpc) is 2.03. The highest BCUT2D eigenvalue weighted by atomic mass is 16.4. The normalized spacial score (nSPS) is 11.1. The van der Waals surface area contributed by atoms with Crippen molar-refractivity contribution < 1.29 is 14.7 Å². The number of nitrogens with one attached hydrogen (secondary N) is 1. The van der Waals surface area contributed by atoms with Gasteiger partial charge < -0.3 is 10.4 Å². The molecule has 0 aliphatic rings. The molecule has 4 heteroatoms. The van der Waals surface area contributed by atoms with Gasteiger partial charge >= 0.3 is 11.9 Å². The molecule has 14 heavy (non-hydrogen) atoms. The van der Waals surface area contributed by atoms with Gasteiger partial charge in [0.05, 0.1) is 0 Å². The molecule has 0 aliphatic heterocycles. The molecule has 0 saturated heterocycles. The van der Waals surface area contributed by atoms with E-state index in [-0.39, 0.29) is 0 Å². The van der Waals surface area contributed by atoms with Crippen molar-refractivity contribution in [2.45, 2.75) is 52.0 Å².